The van der Waals surface area contributed by atoms with Gasteiger partial charge in [-0.05, 0) is 18.4 Å². The summed E-state index contributed by atoms with van der Waals surface area (Å²) >= 11 is 1.63. The van der Waals surface area contributed by atoms with E-state index in [1.54, 1.807) is 18.1 Å². The molecular formula is C7H7N3S. The van der Waals surface area contributed by atoms with Crippen LogP contribution in [0.5, 0.6) is 0 Å². The molecule has 0 saturated heterocycles. The van der Waals surface area contributed by atoms with Crippen molar-refractivity contribution >= 4 is 17.3 Å². The fraction of sp³-hybridized carbons (Fsp3) is 0.143. The molecule has 2 rings (SSSR count). The van der Waals surface area contributed by atoms with Crippen LogP contribution in [0.4, 0.5) is 0 Å². The molecule has 0 amide bonds. The van der Waals surface area contributed by atoms with Crippen LogP contribution in [0.2, 0.25) is 0 Å². The summed E-state index contributed by atoms with van der Waals surface area (Å²) in [6, 6.07) is 3.97. The molecule has 0 fully saturated rings. The second-order valence-electron chi connectivity index (χ2n) is 2.11. The zero-order chi connectivity index (χ0) is 7.68. The molecule has 4 heteroatoms. The lowest BCUT2D eigenvalue weighted by molar-refractivity contribution is 0.866. The average Bonchev–Trinajstić information content (AvgIpc) is 2.50. The fourth-order valence-corrected chi connectivity index (χ4v) is 1.52. The maximum absolute atomic E-state index is 4.13. The molecule has 0 aliphatic heterocycles. The summed E-state index contributed by atoms with van der Waals surface area (Å²) in [5.41, 5.74) is 1.07. The zero-order valence-corrected chi connectivity index (χ0v) is 6.88. The maximum atomic E-state index is 4.13. The first-order valence-electron chi connectivity index (χ1n) is 3.24. The number of rotatable bonds is 1. The smallest absolute Gasteiger partial charge is 0.137 e. The second kappa shape index (κ2) is 2.54. The third-order valence-electron chi connectivity index (χ3n) is 1.49. The molecule has 56 valence electrons. The number of fused-ring (bicyclic) bond motifs is 1. The molecule has 0 unspecified atom stereocenters. The van der Waals surface area contributed by atoms with E-state index in [0.717, 1.165) is 10.5 Å². The van der Waals surface area contributed by atoms with Gasteiger partial charge in [-0.15, -0.1) is 11.8 Å². The largest absolute Gasteiger partial charge is 0.237 e. The first-order valence-corrected chi connectivity index (χ1v) is 4.46. The average molecular weight is 165 g/mol. The monoisotopic (exact) mass is 165 g/mol. The molecule has 3 nitrogen and oxygen atoms in total. The van der Waals surface area contributed by atoms with Gasteiger partial charge in [-0.25, -0.2) is 9.50 Å². The van der Waals surface area contributed by atoms with E-state index >= 15 is 0 Å². The topological polar surface area (TPSA) is 30.2 Å². The molecule has 0 aliphatic carbocycles. The Morgan fingerprint density at radius 2 is 2.45 bits per heavy atom. The molecule has 0 radical (unpaired) electrons. The SMILES string of the molecule is CSc1ncnn2cccc12. The van der Waals surface area contributed by atoms with Crippen molar-refractivity contribution in [1.82, 2.24) is 14.6 Å². The Bertz CT molecular complexity index is 368. The molecule has 0 aliphatic rings. The van der Waals surface area contributed by atoms with E-state index in [-0.39, 0.29) is 0 Å². The third-order valence-corrected chi connectivity index (χ3v) is 2.19. The Balaban J connectivity index is 2.79. The Hall–Kier alpha value is -1.03. The quantitative estimate of drug-likeness (QED) is 0.599. The van der Waals surface area contributed by atoms with Gasteiger partial charge < -0.3 is 0 Å². The van der Waals surface area contributed by atoms with Crippen LogP contribution in [-0.4, -0.2) is 20.9 Å². The minimum atomic E-state index is 1.02. The van der Waals surface area contributed by atoms with Gasteiger partial charge >= 0.3 is 0 Å². The van der Waals surface area contributed by atoms with Crippen molar-refractivity contribution in [1.29, 1.82) is 0 Å². The highest BCUT2D eigenvalue weighted by Crippen LogP contribution is 2.16. The Morgan fingerprint density at radius 1 is 1.55 bits per heavy atom. The lowest BCUT2D eigenvalue weighted by atomic mass is 10.5. The van der Waals surface area contributed by atoms with Gasteiger partial charge in [0.15, 0.2) is 0 Å². The molecule has 2 heterocycles. The molecule has 2 aromatic rings. The minimum Gasteiger partial charge on any atom is -0.237 e. The first kappa shape index (κ1) is 6.67. The van der Waals surface area contributed by atoms with E-state index in [1.807, 2.05) is 29.1 Å². The van der Waals surface area contributed by atoms with Crippen molar-refractivity contribution in [2.45, 2.75) is 5.03 Å². The Labute approximate surface area is 68.4 Å². The Morgan fingerprint density at radius 3 is 3.27 bits per heavy atom. The zero-order valence-electron chi connectivity index (χ0n) is 6.06. The maximum Gasteiger partial charge on any atom is 0.137 e. The van der Waals surface area contributed by atoms with Crippen LogP contribution in [0, 0.1) is 0 Å². The number of nitrogens with zero attached hydrogens (tertiary/aromatic N) is 3. The molecule has 0 N–H and O–H groups in total. The normalized spacial score (nSPS) is 10.6. The van der Waals surface area contributed by atoms with Gasteiger partial charge in [0.25, 0.3) is 0 Å². The molecule has 0 bridgehead atoms. The van der Waals surface area contributed by atoms with E-state index in [0.29, 0.717) is 0 Å². The highest BCUT2D eigenvalue weighted by molar-refractivity contribution is 7.98. The standard InChI is InChI=1S/C7H7N3S/c1-11-7-6-3-2-4-10(6)9-5-8-7/h2-5H,1H3. The van der Waals surface area contributed by atoms with E-state index < -0.39 is 0 Å². The van der Waals surface area contributed by atoms with Crippen molar-refractivity contribution in [2.24, 2.45) is 0 Å². The molecular weight excluding hydrogens is 158 g/mol. The van der Waals surface area contributed by atoms with Gasteiger partial charge in [0, 0.05) is 6.20 Å². The molecule has 0 aromatic carbocycles. The molecule has 2 aromatic heterocycles. The minimum absolute atomic E-state index is 1.02. The van der Waals surface area contributed by atoms with Gasteiger partial charge in [0.1, 0.15) is 11.4 Å². The summed E-state index contributed by atoms with van der Waals surface area (Å²) in [4.78, 5) is 4.13. The lowest BCUT2D eigenvalue weighted by Gasteiger charge is -1.96. The summed E-state index contributed by atoms with van der Waals surface area (Å²) in [5.74, 6) is 0. The molecule has 0 saturated carbocycles. The highest BCUT2D eigenvalue weighted by Gasteiger charge is 1.99. The predicted molar refractivity (Wildman–Crippen MR) is 44.8 cm³/mol. The van der Waals surface area contributed by atoms with Crippen molar-refractivity contribution in [2.75, 3.05) is 6.26 Å². The van der Waals surface area contributed by atoms with Gasteiger partial charge in [0.05, 0.1) is 5.52 Å². The Kier molecular flexibility index (Phi) is 1.54. The van der Waals surface area contributed by atoms with Crippen LogP contribution >= 0.6 is 11.8 Å². The highest BCUT2D eigenvalue weighted by atomic mass is 32.2. The number of thioether (sulfide) groups is 1. The first-order chi connectivity index (χ1) is 5.42. The van der Waals surface area contributed by atoms with E-state index in [2.05, 4.69) is 10.1 Å². The van der Waals surface area contributed by atoms with Gasteiger partial charge in [-0.3, -0.25) is 0 Å². The van der Waals surface area contributed by atoms with Crippen molar-refractivity contribution in [3.63, 3.8) is 0 Å². The van der Waals surface area contributed by atoms with Crippen LogP contribution < -0.4 is 0 Å². The summed E-state index contributed by atoms with van der Waals surface area (Å²) in [7, 11) is 0. The second-order valence-corrected chi connectivity index (χ2v) is 2.90. The van der Waals surface area contributed by atoms with Gasteiger partial charge in [-0.1, -0.05) is 0 Å². The molecule has 0 spiro atoms. The van der Waals surface area contributed by atoms with Crippen LogP contribution in [0.1, 0.15) is 0 Å². The lowest BCUT2D eigenvalue weighted by Crippen LogP contribution is -1.92. The van der Waals surface area contributed by atoms with Gasteiger partial charge in [0.2, 0.25) is 0 Å². The fourth-order valence-electron chi connectivity index (χ4n) is 1.000. The van der Waals surface area contributed by atoms with E-state index in [1.165, 1.54) is 0 Å². The molecule has 11 heavy (non-hydrogen) atoms. The van der Waals surface area contributed by atoms with E-state index in [4.69, 9.17) is 0 Å². The van der Waals surface area contributed by atoms with Crippen LogP contribution in [-0.2, 0) is 0 Å². The summed E-state index contributed by atoms with van der Waals surface area (Å²) in [6.07, 6.45) is 5.49. The van der Waals surface area contributed by atoms with E-state index in [9.17, 15) is 0 Å². The number of hydrogen-bond donors (Lipinski definition) is 0. The predicted octanol–water partition coefficient (Wildman–Crippen LogP) is 1.45. The third kappa shape index (κ3) is 0.991. The number of hydrogen-bond acceptors (Lipinski definition) is 3. The van der Waals surface area contributed by atoms with Crippen LogP contribution in [0.25, 0.3) is 5.52 Å². The van der Waals surface area contributed by atoms with Crippen LogP contribution in [0.15, 0.2) is 29.7 Å². The summed E-state index contributed by atoms with van der Waals surface area (Å²) in [5, 5.41) is 5.06. The molecule has 0 atom stereocenters. The number of aromatic nitrogens is 3. The van der Waals surface area contributed by atoms with Crippen molar-refractivity contribution < 1.29 is 0 Å². The summed E-state index contributed by atoms with van der Waals surface area (Å²) in [6.45, 7) is 0. The van der Waals surface area contributed by atoms with Gasteiger partial charge in [-0.2, -0.15) is 5.10 Å². The van der Waals surface area contributed by atoms with Crippen molar-refractivity contribution in [3.8, 4) is 0 Å². The van der Waals surface area contributed by atoms with Crippen LogP contribution in [0.3, 0.4) is 0 Å². The van der Waals surface area contributed by atoms with Crippen molar-refractivity contribution in [3.05, 3.63) is 24.7 Å². The summed E-state index contributed by atoms with van der Waals surface area (Å²) < 4.78 is 1.82.